The minimum Gasteiger partial charge on any atom is -0.478 e. The van der Waals surface area contributed by atoms with Crippen LogP contribution in [0.25, 0.3) is 10.8 Å². The maximum atomic E-state index is 11.0. The summed E-state index contributed by atoms with van der Waals surface area (Å²) in [6.07, 6.45) is 2.18. The number of aromatic carboxylic acids is 1. The molecule has 0 unspecified atom stereocenters. The zero-order valence-corrected chi connectivity index (χ0v) is 9.68. The molecule has 18 heavy (non-hydrogen) atoms. The van der Waals surface area contributed by atoms with Crippen molar-refractivity contribution in [2.24, 2.45) is 0 Å². The van der Waals surface area contributed by atoms with Gasteiger partial charge in [-0.1, -0.05) is 12.1 Å². The number of carboxylic acids is 1. The summed E-state index contributed by atoms with van der Waals surface area (Å²) in [6.45, 7) is 0. The van der Waals surface area contributed by atoms with Crippen LogP contribution in [-0.2, 0) is 0 Å². The first-order chi connectivity index (χ1) is 8.70. The van der Waals surface area contributed by atoms with Crippen LogP contribution in [0.15, 0.2) is 30.3 Å². The lowest BCUT2D eigenvalue weighted by Gasteiger charge is -2.08. The van der Waals surface area contributed by atoms with Gasteiger partial charge in [-0.05, 0) is 53.3 Å². The molecule has 0 heterocycles. The molecule has 0 saturated heterocycles. The number of fused-ring (bicyclic) bond motifs is 1. The van der Waals surface area contributed by atoms with Gasteiger partial charge in [-0.15, -0.1) is 0 Å². The SMILES string of the molecule is N#Cc1ccc2ccc(C(=O)O)cc2c1C1CC1. The highest BCUT2D eigenvalue weighted by Crippen LogP contribution is 2.44. The monoisotopic (exact) mass is 237 g/mol. The first kappa shape index (κ1) is 10.8. The zero-order valence-electron chi connectivity index (χ0n) is 9.68. The molecule has 2 aromatic carbocycles. The third kappa shape index (κ3) is 1.63. The van der Waals surface area contributed by atoms with E-state index in [0.717, 1.165) is 29.2 Å². The molecule has 0 amide bonds. The normalized spacial score (nSPS) is 14.4. The Labute approximate surface area is 104 Å². The molecular weight excluding hydrogens is 226 g/mol. The smallest absolute Gasteiger partial charge is 0.335 e. The van der Waals surface area contributed by atoms with Gasteiger partial charge in [-0.3, -0.25) is 0 Å². The maximum Gasteiger partial charge on any atom is 0.335 e. The van der Waals surface area contributed by atoms with Crippen LogP contribution in [0.3, 0.4) is 0 Å². The molecule has 88 valence electrons. The molecule has 1 saturated carbocycles. The molecule has 1 aliphatic rings. The molecule has 1 fully saturated rings. The summed E-state index contributed by atoms with van der Waals surface area (Å²) in [5, 5.41) is 20.1. The minimum absolute atomic E-state index is 0.277. The summed E-state index contributed by atoms with van der Waals surface area (Å²) in [6, 6.07) is 11.0. The molecule has 3 heteroatoms. The molecule has 2 aromatic rings. The molecular formula is C15H11NO2. The molecule has 1 N–H and O–H groups in total. The first-order valence-electron chi connectivity index (χ1n) is 5.91. The molecule has 3 rings (SSSR count). The summed E-state index contributed by atoms with van der Waals surface area (Å²) in [5.41, 5.74) is 1.98. The highest BCUT2D eigenvalue weighted by molar-refractivity contribution is 5.96. The van der Waals surface area contributed by atoms with E-state index in [1.807, 2.05) is 18.2 Å². The fourth-order valence-corrected chi connectivity index (χ4v) is 2.39. The molecule has 3 nitrogen and oxygen atoms in total. The fraction of sp³-hybridized carbons (Fsp3) is 0.200. The summed E-state index contributed by atoms with van der Waals surface area (Å²) in [7, 11) is 0. The third-order valence-electron chi connectivity index (χ3n) is 3.42. The molecule has 0 aliphatic heterocycles. The van der Waals surface area contributed by atoms with E-state index < -0.39 is 5.97 Å². The maximum absolute atomic E-state index is 11.0. The van der Waals surface area contributed by atoms with Crippen molar-refractivity contribution in [2.75, 3.05) is 0 Å². The van der Waals surface area contributed by atoms with Gasteiger partial charge in [-0.2, -0.15) is 5.26 Å². The van der Waals surface area contributed by atoms with Gasteiger partial charge in [0.2, 0.25) is 0 Å². The summed E-state index contributed by atoms with van der Waals surface area (Å²) >= 11 is 0. The number of benzene rings is 2. The van der Waals surface area contributed by atoms with Crippen molar-refractivity contribution in [1.29, 1.82) is 5.26 Å². The van der Waals surface area contributed by atoms with Gasteiger partial charge in [0.1, 0.15) is 0 Å². The molecule has 0 spiro atoms. The van der Waals surface area contributed by atoms with Crippen molar-refractivity contribution >= 4 is 16.7 Å². The Balaban J connectivity index is 2.33. The largest absolute Gasteiger partial charge is 0.478 e. The van der Waals surface area contributed by atoms with Crippen molar-refractivity contribution in [3.63, 3.8) is 0 Å². The molecule has 0 radical (unpaired) electrons. The Morgan fingerprint density at radius 1 is 1.28 bits per heavy atom. The summed E-state index contributed by atoms with van der Waals surface area (Å²) in [4.78, 5) is 11.0. The third-order valence-corrected chi connectivity index (χ3v) is 3.42. The Kier molecular flexibility index (Phi) is 2.31. The Morgan fingerprint density at radius 2 is 2.00 bits per heavy atom. The standard InChI is InChI=1S/C15H11NO2/c16-8-12-6-2-9-1-5-11(15(17)18)7-13(9)14(12)10-3-4-10/h1-2,5-7,10H,3-4H2,(H,17,18). The quantitative estimate of drug-likeness (QED) is 0.871. The van der Waals surface area contributed by atoms with E-state index in [1.54, 1.807) is 12.1 Å². The molecule has 0 atom stereocenters. The Bertz CT molecular complexity index is 693. The van der Waals surface area contributed by atoms with Crippen molar-refractivity contribution in [2.45, 2.75) is 18.8 Å². The van der Waals surface area contributed by atoms with E-state index in [4.69, 9.17) is 10.4 Å². The van der Waals surface area contributed by atoms with E-state index in [0.29, 0.717) is 11.5 Å². The van der Waals surface area contributed by atoms with Crippen LogP contribution in [0.5, 0.6) is 0 Å². The first-order valence-corrected chi connectivity index (χ1v) is 5.91. The number of nitrogens with zero attached hydrogens (tertiary/aromatic N) is 1. The zero-order chi connectivity index (χ0) is 12.7. The van der Waals surface area contributed by atoms with Crippen LogP contribution in [0, 0.1) is 11.3 Å². The van der Waals surface area contributed by atoms with Crippen LogP contribution in [-0.4, -0.2) is 11.1 Å². The van der Waals surface area contributed by atoms with Crippen LogP contribution in [0.4, 0.5) is 0 Å². The van der Waals surface area contributed by atoms with Gasteiger partial charge in [0.25, 0.3) is 0 Å². The number of hydrogen-bond acceptors (Lipinski definition) is 2. The number of rotatable bonds is 2. The topological polar surface area (TPSA) is 61.1 Å². The van der Waals surface area contributed by atoms with E-state index in [9.17, 15) is 4.79 Å². The van der Waals surface area contributed by atoms with E-state index in [1.165, 1.54) is 0 Å². The van der Waals surface area contributed by atoms with E-state index in [-0.39, 0.29) is 5.56 Å². The molecule has 0 bridgehead atoms. The predicted octanol–water partition coefficient (Wildman–Crippen LogP) is 3.29. The number of carbonyl (C=O) groups is 1. The van der Waals surface area contributed by atoms with Gasteiger partial charge in [0.15, 0.2) is 0 Å². The Hall–Kier alpha value is -2.34. The second-order valence-corrected chi connectivity index (χ2v) is 4.65. The average molecular weight is 237 g/mol. The van der Waals surface area contributed by atoms with Crippen LogP contribution >= 0.6 is 0 Å². The van der Waals surface area contributed by atoms with Crippen molar-refractivity contribution in [1.82, 2.24) is 0 Å². The fourth-order valence-electron chi connectivity index (χ4n) is 2.39. The Morgan fingerprint density at radius 3 is 2.61 bits per heavy atom. The number of nitriles is 1. The highest BCUT2D eigenvalue weighted by atomic mass is 16.4. The highest BCUT2D eigenvalue weighted by Gasteiger charge is 2.28. The van der Waals surface area contributed by atoms with Gasteiger partial charge in [0, 0.05) is 0 Å². The average Bonchev–Trinajstić information content (AvgIpc) is 3.20. The number of carboxylic acid groups (broad SMARTS) is 1. The van der Waals surface area contributed by atoms with Gasteiger partial charge in [-0.25, -0.2) is 4.79 Å². The van der Waals surface area contributed by atoms with Crippen LogP contribution < -0.4 is 0 Å². The van der Waals surface area contributed by atoms with Crippen molar-refractivity contribution < 1.29 is 9.90 Å². The van der Waals surface area contributed by atoms with Gasteiger partial charge in [0.05, 0.1) is 17.2 Å². The summed E-state index contributed by atoms with van der Waals surface area (Å²) < 4.78 is 0. The van der Waals surface area contributed by atoms with Gasteiger partial charge >= 0.3 is 5.97 Å². The lowest BCUT2D eigenvalue weighted by atomic mass is 9.95. The van der Waals surface area contributed by atoms with Crippen molar-refractivity contribution in [3.8, 4) is 6.07 Å². The molecule has 0 aromatic heterocycles. The van der Waals surface area contributed by atoms with Crippen LogP contribution in [0.2, 0.25) is 0 Å². The number of hydrogen-bond donors (Lipinski definition) is 1. The molecule has 1 aliphatic carbocycles. The van der Waals surface area contributed by atoms with Gasteiger partial charge < -0.3 is 5.11 Å². The lowest BCUT2D eigenvalue weighted by molar-refractivity contribution is 0.0697. The van der Waals surface area contributed by atoms with Crippen molar-refractivity contribution in [3.05, 3.63) is 47.0 Å². The van der Waals surface area contributed by atoms with Crippen LogP contribution in [0.1, 0.15) is 40.2 Å². The summed E-state index contributed by atoms with van der Waals surface area (Å²) in [5.74, 6) is -0.506. The van der Waals surface area contributed by atoms with E-state index in [2.05, 4.69) is 6.07 Å². The second-order valence-electron chi connectivity index (χ2n) is 4.65. The minimum atomic E-state index is -0.930. The second kappa shape index (κ2) is 3.85. The predicted molar refractivity (Wildman–Crippen MR) is 67.6 cm³/mol. The lowest BCUT2D eigenvalue weighted by Crippen LogP contribution is -1.97. The van der Waals surface area contributed by atoms with E-state index >= 15 is 0 Å².